The van der Waals surface area contributed by atoms with Crippen molar-refractivity contribution >= 4 is 17.0 Å². The Bertz CT molecular complexity index is 1020. The Morgan fingerprint density at radius 2 is 2.00 bits per heavy atom. The SMILES string of the molecule is Cc1cc(-c2cc(C(=O)N3CC(C)OCC3C)c3c(C)noc3n2)c(C)o1. The van der Waals surface area contributed by atoms with Crippen LogP contribution in [0.15, 0.2) is 21.1 Å². The van der Waals surface area contributed by atoms with Crippen LogP contribution in [0.4, 0.5) is 0 Å². The number of carbonyl (C=O) groups is 1. The van der Waals surface area contributed by atoms with Crippen molar-refractivity contribution in [3.63, 3.8) is 0 Å². The van der Waals surface area contributed by atoms with Crippen molar-refractivity contribution in [2.24, 2.45) is 0 Å². The number of pyridine rings is 1. The number of carbonyl (C=O) groups excluding carboxylic acids is 1. The van der Waals surface area contributed by atoms with Gasteiger partial charge >= 0.3 is 0 Å². The van der Waals surface area contributed by atoms with Crippen molar-refractivity contribution in [3.8, 4) is 11.3 Å². The van der Waals surface area contributed by atoms with Gasteiger partial charge in [-0.25, -0.2) is 4.98 Å². The van der Waals surface area contributed by atoms with Crippen LogP contribution in [0.1, 0.15) is 41.4 Å². The second-order valence-electron chi connectivity index (χ2n) is 7.28. The minimum Gasteiger partial charge on any atom is -0.466 e. The van der Waals surface area contributed by atoms with Crippen LogP contribution < -0.4 is 0 Å². The second-order valence-corrected chi connectivity index (χ2v) is 7.28. The number of aryl methyl sites for hydroxylation is 3. The number of hydrogen-bond donors (Lipinski definition) is 0. The van der Waals surface area contributed by atoms with Gasteiger partial charge in [0.15, 0.2) is 0 Å². The molecule has 7 nitrogen and oxygen atoms in total. The van der Waals surface area contributed by atoms with E-state index in [2.05, 4.69) is 10.1 Å². The zero-order valence-corrected chi connectivity index (χ0v) is 16.2. The minimum atomic E-state index is -0.0598. The van der Waals surface area contributed by atoms with Gasteiger partial charge in [0.25, 0.3) is 11.6 Å². The molecule has 0 aromatic carbocycles. The molecule has 4 heterocycles. The lowest BCUT2D eigenvalue weighted by molar-refractivity contribution is -0.0386. The van der Waals surface area contributed by atoms with Gasteiger partial charge in [0.2, 0.25) is 0 Å². The molecule has 0 N–H and O–H groups in total. The fourth-order valence-corrected chi connectivity index (χ4v) is 3.63. The first-order valence-electron chi connectivity index (χ1n) is 9.12. The number of hydrogen-bond acceptors (Lipinski definition) is 6. The lowest BCUT2D eigenvalue weighted by atomic mass is 10.0. The molecule has 1 aliphatic rings. The van der Waals surface area contributed by atoms with E-state index in [1.807, 2.05) is 51.7 Å². The summed E-state index contributed by atoms with van der Waals surface area (Å²) in [4.78, 5) is 19.9. The van der Waals surface area contributed by atoms with Crippen molar-refractivity contribution in [1.82, 2.24) is 15.0 Å². The smallest absolute Gasteiger partial charge is 0.259 e. The summed E-state index contributed by atoms with van der Waals surface area (Å²) in [6.45, 7) is 10.6. The van der Waals surface area contributed by atoms with Crippen LogP contribution in [-0.4, -0.2) is 46.2 Å². The van der Waals surface area contributed by atoms with E-state index in [1.54, 1.807) is 0 Å². The molecule has 4 rings (SSSR count). The molecular formula is C20H23N3O4. The molecule has 0 bridgehead atoms. The second kappa shape index (κ2) is 6.49. The Morgan fingerprint density at radius 3 is 2.70 bits per heavy atom. The molecule has 142 valence electrons. The number of amides is 1. The third kappa shape index (κ3) is 3.02. The highest BCUT2D eigenvalue weighted by Crippen LogP contribution is 2.31. The van der Waals surface area contributed by atoms with E-state index in [1.165, 1.54) is 0 Å². The van der Waals surface area contributed by atoms with Gasteiger partial charge in [-0.05, 0) is 46.8 Å². The average molecular weight is 369 g/mol. The Balaban J connectivity index is 1.87. The fraction of sp³-hybridized carbons (Fsp3) is 0.450. The molecule has 3 aromatic heterocycles. The quantitative estimate of drug-likeness (QED) is 0.686. The first kappa shape index (κ1) is 17.7. The van der Waals surface area contributed by atoms with Crippen molar-refractivity contribution < 1.29 is 18.5 Å². The maximum atomic E-state index is 13.4. The van der Waals surface area contributed by atoms with Gasteiger partial charge in [-0.2, -0.15) is 0 Å². The van der Waals surface area contributed by atoms with Crippen molar-refractivity contribution in [1.29, 1.82) is 0 Å². The van der Waals surface area contributed by atoms with Crippen LogP contribution in [0.25, 0.3) is 22.4 Å². The molecule has 2 atom stereocenters. The summed E-state index contributed by atoms with van der Waals surface area (Å²) >= 11 is 0. The number of ether oxygens (including phenoxy) is 1. The normalized spacial score (nSPS) is 20.4. The highest BCUT2D eigenvalue weighted by Gasteiger charge is 2.31. The number of nitrogens with zero attached hydrogens (tertiary/aromatic N) is 3. The van der Waals surface area contributed by atoms with E-state index in [0.29, 0.717) is 41.2 Å². The first-order chi connectivity index (χ1) is 12.8. The van der Waals surface area contributed by atoms with Gasteiger partial charge in [0, 0.05) is 12.1 Å². The lowest BCUT2D eigenvalue weighted by Crippen LogP contribution is -2.50. The van der Waals surface area contributed by atoms with Crippen LogP contribution in [0.3, 0.4) is 0 Å². The summed E-state index contributed by atoms with van der Waals surface area (Å²) < 4.78 is 16.7. The lowest BCUT2D eigenvalue weighted by Gasteiger charge is -2.37. The molecule has 7 heteroatoms. The Kier molecular flexibility index (Phi) is 4.26. The molecule has 1 saturated heterocycles. The van der Waals surface area contributed by atoms with Gasteiger partial charge in [0.1, 0.15) is 11.5 Å². The molecule has 0 aliphatic carbocycles. The average Bonchev–Trinajstić information content (AvgIpc) is 3.17. The van der Waals surface area contributed by atoms with Crippen LogP contribution in [0.2, 0.25) is 0 Å². The Labute approximate surface area is 157 Å². The summed E-state index contributed by atoms with van der Waals surface area (Å²) in [7, 11) is 0. The summed E-state index contributed by atoms with van der Waals surface area (Å²) in [6.07, 6.45) is 0.00397. The summed E-state index contributed by atoms with van der Waals surface area (Å²) in [5, 5.41) is 4.68. The van der Waals surface area contributed by atoms with Crippen molar-refractivity contribution in [3.05, 3.63) is 34.9 Å². The Hall–Kier alpha value is -2.67. The predicted molar refractivity (Wildman–Crippen MR) is 99.6 cm³/mol. The van der Waals surface area contributed by atoms with Crippen molar-refractivity contribution in [2.75, 3.05) is 13.2 Å². The van der Waals surface area contributed by atoms with E-state index in [4.69, 9.17) is 13.7 Å². The fourth-order valence-electron chi connectivity index (χ4n) is 3.63. The number of fused-ring (bicyclic) bond motifs is 1. The maximum Gasteiger partial charge on any atom is 0.259 e. The van der Waals surface area contributed by atoms with E-state index in [0.717, 1.165) is 17.1 Å². The molecule has 0 saturated carbocycles. The molecule has 27 heavy (non-hydrogen) atoms. The number of morpholine rings is 1. The van der Waals surface area contributed by atoms with E-state index >= 15 is 0 Å². The topological polar surface area (TPSA) is 81.6 Å². The standard InChI is InChI=1S/C20H23N3O4/c1-10-9-25-12(3)8-23(10)20(24)16-7-17(15-6-11(2)26-14(15)5)21-19-18(16)13(4)22-27-19/h6-7,10,12H,8-9H2,1-5H3. The van der Waals surface area contributed by atoms with Gasteiger partial charge in [-0.3, -0.25) is 4.79 Å². The monoisotopic (exact) mass is 369 g/mol. The van der Waals surface area contributed by atoms with Gasteiger partial charge in [0.05, 0.1) is 41.1 Å². The third-order valence-electron chi connectivity index (χ3n) is 5.03. The van der Waals surface area contributed by atoms with Crippen LogP contribution in [0.5, 0.6) is 0 Å². The van der Waals surface area contributed by atoms with E-state index < -0.39 is 0 Å². The molecule has 2 unspecified atom stereocenters. The molecule has 1 amide bonds. The van der Waals surface area contributed by atoms with Gasteiger partial charge in [-0.15, -0.1) is 0 Å². The molecule has 3 aromatic rings. The molecule has 0 radical (unpaired) electrons. The van der Waals surface area contributed by atoms with Crippen LogP contribution >= 0.6 is 0 Å². The maximum absolute atomic E-state index is 13.4. The Morgan fingerprint density at radius 1 is 1.22 bits per heavy atom. The minimum absolute atomic E-state index is 0.00145. The number of aromatic nitrogens is 2. The molecular weight excluding hydrogens is 346 g/mol. The number of rotatable bonds is 2. The highest BCUT2D eigenvalue weighted by atomic mass is 16.5. The molecule has 0 spiro atoms. The number of furan rings is 1. The molecule has 1 aliphatic heterocycles. The largest absolute Gasteiger partial charge is 0.466 e. The zero-order valence-electron chi connectivity index (χ0n) is 16.2. The van der Waals surface area contributed by atoms with Crippen LogP contribution in [-0.2, 0) is 4.74 Å². The van der Waals surface area contributed by atoms with Crippen molar-refractivity contribution in [2.45, 2.75) is 46.8 Å². The third-order valence-corrected chi connectivity index (χ3v) is 5.03. The summed E-state index contributed by atoms with van der Waals surface area (Å²) in [5.74, 6) is 1.49. The van der Waals surface area contributed by atoms with Gasteiger partial charge < -0.3 is 18.6 Å². The van der Waals surface area contributed by atoms with E-state index in [9.17, 15) is 4.79 Å². The zero-order chi connectivity index (χ0) is 19.3. The summed E-state index contributed by atoms with van der Waals surface area (Å²) in [5.41, 5.74) is 3.06. The van der Waals surface area contributed by atoms with Crippen LogP contribution in [0, 0.1) is 20.8 Å². The first-order valence-corrected chi connectivity index (χ1v) is 9.12. The van der Waals surface area contributed by atoms with Gasteiger partial charge in [-0.1, -0.05) is 5.16 Å². The predicted octanol–water partition coefficient (Wildman–Crippen LogP) is 3.66. The van der Waals surface area contributed by atoms with E-state index in [-0.39, 0.29) is 18.1 Å². The summed E-state index contributed by atoms with van der Waals surface area (Å²) in [6, 6.07) is 3.73. The highest BCUT2D eigenvalue weighted by molar-refractivity contribution is 6.07. The molecule has 1 fully saturated rings.